The van der Waals surface area contributed by atoms with Crippen LogP contribution in [0.1, 0.15) is 90.9 Å². The van der Waals surface area contributed by atoms with Gasteiger partial charge in [-0.2, -0.15) is 0 Å². The number of unbranched alkanes of at least 4 members (excludes halogenated alkanes) is 4. The van der Waals surface area contributed by atoms with E-state index in [2.05, 4.69) is 66.8 Å². The average Bonchev–Trinajstić information content (AvgIpc) is 2.81. The van der Waals surface area contributed by atoms with Gasteiger partial charge < -0.3 is 21.7 Å². The van der Waals surface area contributed by atoms with Gasteiger partial charge in [0.25, 0.3) is 0 Å². The second-order valence-electron chi connectivity index (χ2n) is 9.09. The van der Waals surface area contributed by atoms with Gasteiger partial charge in [-0.15, -0.1) is 0 Å². The molecule has 4 atom stereocenters. The summed E-state index contributed by atoms with van der Waals surface area (Å²) in [5.41, 5.74) is 11.3. The normalized spacial score (nSPS) is 16.8. The Bertz CT molecular complexity index is 615. The van der Waals surface area contributed by atoms with E-state index < -0.39 is 6.10 Å². The highest BCUT2D eigenvalue weighted by atomic mass is 16.3. The molecule has 0 aliphatic heterocycles. The summed E-state index contributed by atoms with van der Waals surface area (Å²) in [5, 5.41) is 19.3. The Morgan fingerprint density at radius 2 is 0.882 bits per heavy atom. The van der Waals surface area contributed by atoms with Crippen molar-refractivity contribution < 1.29 is 10.2 Å². The van der Waals surface area contributed by atoms with Crippen LogP contribution in [0, 0.1) is 0 Å². The molecule has 0 aromatic carbocycles. The first-order valence-corrected chi connectivity index (χ1v) is 13.2. The van der Waals surface area contributed by atoms with Crippen LogP contribution in [0.2, 0.25) is 0 Å². The third kappa shape index (κ3) is 23.4. The van der Waals surface area contributed by atoms with E-state index in [1.54, 1.807) is 0 Å². The zero-order valence-electron chi connectivity index (χ0n) is 21.8. The maximum atomic E-state index is 9.66. The molecule has 0 heterocycles. The molecule has 4 nitrogen and oxygen atoms in total. The molecule has 4 heteroatoms. The highest BCUT2D eigenvalue weighted by Gasteiger charge is 2.08. The smallest absolute Gasteiger partial charge is 0.0722 e. The molecular formula is C30H52N2O2. The van der Waals surface area contributed by atoms with Crippen molar-refractivity contribution in [2.45, 2.75) is 115 Å². The zero-order valence-corrected chi connectivity index (χ0v) is 21.8. The third-order valence-corrected chi connectivity index (χ3v) is 5.57. The van der Waals surface area contributed by atoms with E-state index in [1.165, 1.54) is 19.3 Å². The topological polar surface area (TPSA) is 92.5 Å². The van der Waals surface area contributed by atoms with Gasteiger partial charge in [0, 0.05) is 12.1 Å². The summed E-state index contributed by atoms with van der Waals surface area (Å²) >= 11 is 0. The van der Waals surface area contributed by atoms with Crippen molar-refractivity contribution in [1.29, 1.82) is 0 Å². The minimum absolute atomic E-state index is 0.117. The lowest BCUT2D eigenvalue weighted by Gasteiger charge is -2.13. The van der Waals surface area contributed by atoms with Gasteiger partial charge in [-0.25, -0.2) is 0 Å². The molecule has 2 unspecified atom stereocenters. The summed E-state index contributed by atoms with van der Waals surface area (Å²) < 4.78 is 0. The molecule has 0 amide bonds. The Morgan fingerprint density at radius 3 is 1.32 bits per heavy atom. The number of nitrogens with two attached hydrogens (primary N) is 2. The first-order chi connectivity index (χ1) is 16.4. The number of hydrogen-bond acceptors (Lipinski definition) is 4. The van der Waals surface area contributed by atoms with Crippen molar-refractivity contribution in [2.75, 3.05) is 0 Å². The number of aliphatic hydroxyl groups is 2. The monoisotopic (exact) mass is 472 g/mol. The molecule has 6 N–H and O–H groups in total. The summed E-state index contributed by atoms with van der Waals surface area (Å²) in [6.07, 6.45) is 37.4. The maximum Gasteiger partial charge on any atom is 0.0722 e. The van der Waals surface area contributed by atoms with Gasteiger partial charge >= 0.3 is 0 Å². The summed E-state index contributed by atoms with van der Waals surface area (Å²) in [5.74, 6) is 0. The largest absolute Gasteiger partial charge is 0.392 e. The standard InChI is InChI=1S/C30H52N2O2/c1-27(31)29(33)25-23-21-19-17-15-13-11-9-7-5-3-4-6-8-10-12-14-16-18-20-22-24-26-30(34)28(2)32/h3,5-6,8-9,11-12,14-15,17,21,23,27-30,33-34H,4,7,10,13,16,18-20,22,24-26,31-32H2,1-2H3/b5-3-,8-6-,11-9-,14-12-,17-15-,23-21-/t27-,28-,29?,30?/m0/s1. The molecule has 0 fully saturated rings. The van der Waals surface area contributed by atoms with E-state index in [1.807, 2.05) is 19.9 Å². The molecule has 0 bridgehead atoms. The van der Waals surface area contributed by atoms with Gasteiger partial charge in [-0.1, -0.05) is 92.2 Å². The molecule has 0 saturated heterocycles. The van der Waals surface area contributed by atoms with Crippen LogP contribution in [0.3, 0.4) is 0 Å². The van der Waals surface area contributed by atoms with E-state index in [9.17, 15) is 10.2 Å². The fraction of sp³-hybridized carbons (Fsp3) is 0.600. The Hall–Kier alpha value is -1.72. The van der Waals surface area contributed by atoms with E-state index in [-0.39, 0.29) is 18.2 Å². The Kier molecular flexibility index (Phi) is 23.2. The summed E-state index contributed by atoms with van der Waals surface area (Å²) in [6.45, 7) is 3.68. The molecule has 0 radical (unpaired) electrons. The predicted molar refractivity (Wildman–Crippen MR) is 150 cm³/mol. The van der Waals surface area contributed by atoms with Crippen molar-refractivity contribution in [3.63, 3.8) is 0 Å². The van der Waals surface area contributed by atoms with Crippen LogP contribution in [0.25, 0.3) is 0 Å². The van der Waals surface area contributed by atoms with Crippen molar-refractivity contribution in [1.82, 2.24) is 0 Å². The molecule has 34 heavy (non-hydrogen) atoms. The van der Waals surface area contributed by atoms with Gasteiger partial charge in [-0.05, 0) is 71.6 Å². The molecule has 194 valence electrons. The van der Waals surface area contributed by atoms with Gasteiger partial charge in [0.05, 0.1) is 12.2 Å². The summed E-state index contributed by atoms with van der Waals surface area (Å²) in [4.78, 5) is 0. The molecule has 0 aromatic heterocycles. The molecule has 0 spiro atoms. The van der Waals surface area contributed by atoms with E-state index in [0.717, 1.165) is 51.4 Å². The van der Waals surface area contributed by atoms with Gasteiger partial charge in [0.1, 0.15) is 0 Å². The van der Waals surface area contributed by atoms with Crippen LogP contribution in [-0.2, 0) is 0 Å². The first kappa shape index (κ1) is 32.3. The molecule has 0 aliphatic rings. The fourth-order valence-electron chi connectivity index (χ4n) is 3.16. The van der Waals surface area contributed by atoms with Crippen molar-refractivity contribution >= 4 is 0 Å². The summed E-state index contributed by atoms with van der Waals surface area (Å²) in [6, 6.07) is -0.295. The highest BCUT2D eigenvalue weighted by Crippen LogP contribution is 2.09. The number of allylic oxidation sites excluding steroid dienone is 11. The van der Waals surface area contributed by atoms with E-state index in [0.29, 0.717) is 6.42 Å². The van der Waals surface area contributed by atoms with Crippen molar-refractivity contribution in [3.8, 4) is 0 Å². The molecule has 0 aromatic rings. The molecular weight excluding hydrogens is 420 g/mol. The van der Waals surface area contributed by atoms with Crippen LogP contribution < -0.4 is 11.5 Å². The lowest BCUT2D eigenvalue weighted by atomic mass is 10.0. The van der Waals surface area contributed by atoms with Crippen LogP contribution in [0.4, 0.5) is 0 Å². The Morgan fingerprint density at radius 1 is 0.500 bits per heavy atom. The van der Waals surface area contributed by atoms with Gasteiger partial charge in [0.15, 0.2) is 0 Å². The van der Waals surface area contributed by atoms with Gasteiger partial charge in [0.2, 0.25) is 0 Å². The van der Waals surface area contributed by atoms with E-state index >= 15 is 0 Å². The maximum absolute atomic E-state index is 9.66. The Labute approximate surface area is 209 Å². The van der Waals surface area contributed by atoms with Crippen LogP contribution >= 0.6 is 0 Å². The third-order valence-electron chi connectivity index (χ3n) is 5.57. The second-order valence-corrected chi connectivity index (χ2v) is 9.09. The van der Waals surface area contributed by atoms with Crippen LogP contribution in [0.5, 0.6) is 0 Å². The number of rotatable bonds is 21. The van der Waals surface area contributed by atoms with Gasteiger partial charge in [-0.3, -0.25) is 0 Å². The molecule has 0 aliphatic carbocycles. The molecule has 0 saturated carbocycles. The average molecular weight is 473 g/mol. The SMILES string of the molecule is C[C@H](N)C(O)C/C=C\C/C=C\C/C=C\C/C=C\C/C=C\C/C=C\CCCCCCC(O)[C@H](C)N. The fourth-order valence-corrected chi connectivity index (χ4v) is 3.16. The minimum atomic E-state index is -0.451. The predicted octanol–water partition coefficient (Wildman–Crippen LogP) is 6.42. The first-order valence-electron chi connectivity index (χ1n) is 13.2. The minimum Gasteiger partial charge on any atom is -0.392 e. The number of hydrogen-bond donors (Lipinski definition) is 4. The second kappa shape index (κ2) is 24.4. The molecule has 0 rings (SSSR count). The van der Waals surface area contributed by atoms with Crippen LogP contribution in [0.15, 0.2) is 72.9 Å². The zero-order chi connectivity index (χ0) is 25.3. The lowest BCUT2D eigenvalue weighted by Crippen LogP contribution is -2.31. The number of aliphatic hydroxyl groups excluding tert-OH is 2. The van der Waals surface area contributed by atoms with Crippen LogP contribution in [-0.4, -0.2) is 34.5 Å². The Balaban J connectivity index is 3.54. The van der Waals surface area contributed by atoms with E-state index in [4.69, 9.17) is 11.5 Å². The lowest BCUT2D eigenvalue weighted by molar-refractivity contribution is 0.138. The van der Waals surface area contributed by atoms with Crippen molar-refractivity contribution in [2.24, 2.45) is 11.5 Å². The van der Waals surface area contributed by atoms with Crippen molar-refractivity contribution in [3.05, 3.63) is 72.9 Å². The summed E-state index contributed by atoms with van der Waals surface area (Å²) in [7, 11) is 0. The quantitative estimate of drug-likeness (QED) is 0.114. The highest BCUT2D eigenvalue weighted by molar-refractivity contribution is 5.01.